The number of hydrogen-bond donors (Lipinski definition) is 1. The van der Waals surface area contributed by atoms with Crippen LogP contribution >= 0.6 is 11.6 Å². The van der Waals surface area contributed by atoms with E-state index in [9.17, 15) is 14.4 Å². The fourth-order valence-corrected chi connectivity index (χ4v) is 3.54. The summed E-state index contributed by atoms with van der Waals surface area (Å²) in [6.07, 6.45) is 4.77. The van der Waals surface area contributed by atoms with Crippen LogP contribution in [0.15, 0.2) is 46.4 Å². The van der Waals surface area contributed by atoms with Crippen LogP contribution in [0, 0.1) is 0 Å². The lowest BCUT2D eigenvalue weighted by molar-refractivity contribution is -0.122. The lowest BCUT2D eigenvalue weighted by atomic mass is 10.1. The predicted molar refractivity (Wildman–Crippen MR) is 105 cm³/mol. The number of nitrogens with one attached hydrogen (secondary N) is 1. The average molecular weight is 400 g/mol. The number of carbonyl (C=O) groups excluding carboxylic acids is 3. The normalized spacial score (nSPS) is 19.3. The summed E-state index contributed by atoms with van der Waals surface area (Å²) in [6, 6.07) is 9.01. The number of amides is 4. The van der Waals surface area contributed by atoms with E-state index in [1.165, 1.54) is 18.6 Å². The van der Waals surface area contributed by atoms with Crippen molar-refractivity contribution in [2.24, 2.45) is 0 Å². The summed E-state index contributed by atoms with van der Waals surface area (Å²) in [5.41, 5.74) is 0.0981. The molecule has 2 aliphatic heterocycles. The Balaban J connectivity index is 1.63. The summed E-state index contributed by atoms with van der Waals surface area (Å²) in [7, 11) is 0. The molecular formula is C20H18ClN3O4. The first-order valence-electron chi connectivity index (χ1n) is 9.05. The second-order valence-electron chi connectivity index (χ2n) is 6.66. The number of carbonyl (C=O) groups is 3. The summed E-state index contributed by atoms with van der Waals surface area (Å²) in [5.74, 6) is -0.409. The molecule has 4 amide bonds. The molecule has 1 aromatic heterocycles. The van der Waals surface area contributed by atoms with Crippen LogP contribution in [0.4, 0.5) is 16.4 Å². The SMILES string of the molecule is O=C1NC(=O)N(c2cccc(Cl)c2)C(=O)/C1=C/c1ccc(N2CCCCC2)o1. The maximum atomic E-state index is 12.9. The van der Waals surface area contributed by atoms with Crippen molar-refractivity contribution in [3.05, 3.63) is 52.8 Å². The Morgan fingerprint density at radius 3 is 2.57 bits per heavy atom. The van der Waals surface area contributed by atoms with Crippen LogP contribution in [0.25, 0.3) is 6.08 Å². The van der Waals surface area contributed by atoms with Gasteiger partial charge in [-0.1, -0.05) is 17.7 Å². The smallest absolute Gasteiger partial charge is 0.335 e. The van der Waals surface area contributed by atoms with E-state index in [2.05, 4.69) is 10.2 Å². The van der Waals surface area contributed by atoms with Gasteiger partial charge in [0.2, 0.25) is 0 Å². The molecule has 0 aliphatic carbocycles. The molecule has 0 bridgehead atoms. The molecule has 1 N–H and O–H groups in total. The molecule has 0 unspecified atom stereocenters. The molecule has 2 saturated heterocycles. The molecule has 8 heteroatoms. The fraction of sp³-hybridized carbons (Fsp3) is 0.250. The van der Waals surface area contributed by atoms with Gasteiger partial charge in [-0.25, -0.2) is 9.69 Å². The molecule has 2 fully saturated rings. The largest absolute Gasteiger partial charge is 0.441 e. The van der Waals surface area contributed by atoms with Gasteiger partial charge in [0, 0.05) is 24.2 Å². The summed E-state index contributed by atoms with van der Waals surface area (Å²) in [6.45, 7) is 1.83. The summed E-state index contributed by atoms with van der Waals surface area (Å²) >= 11 is 5.96. The summed E-state index contributed by atoms with van der Waals surface area (Å²) in [5, 5.41) is 2.55. The number of benzene rings is 1. The zero-order chi connectivity index (χ0) is 19.7. The third kappa shape index (κ3) is 3.53. The van der Waals surface area contributed by atoms with Gasteiger partial charge < -0.3 is 9.32 Å². The lowest BCUT2D eigenvalue weighted by Crippen LogP contribution is -2.54. The third-order valence-electron chi connectivity index (χ3n) is 4.74. The van der Waals surface area contributed by atoms with Crippen LogP contribution in [0.1, 0.15) is 25.0 Å². The number of urea groups is 1. The molecule has 7 nitrogen and oxygen atoms in total. The van der Waals surface area contributed by atoms with E-state index in [4.69, 9.17) is 16.0 Å². The second kappa shape index (κ2) is 7.52. The van der Waals surface area contributed by atoms with Crippen LogP contribution in [0.2, 0.25) is 5.02 Å². The van der Waals surface area contributed by atoms with Crippen molar-refractivity contribution in [1.29, 1.82) is 0 Å². The van der Waals surface area contributed by atoms with Crippen molar-refractivity contribution < 1.29 is 18.8 Å². The maximum Gasteiger partial charge on any atom is 0.335 e. The Morgan fingerprint density at radius 1 is 1.04 bits per heavy atom. The molecule has 1 aromatic carbocycles. The van der Waals surface area contributed by atoms with Crippen molar-refractivity contribution in [3.8, 4) is 0 Å². The van der Waals surface area contributed by atoms with Crippen molar-refractivity contribution in [3.63, 3.8) is 0 Å². The van der Waals surface area contributed by atoms with Gasteiger partial charge in [0.05, 0.1) is 5.69 Å². The lowest BCUT2D eigenvalue weighted by Gasteiger charge is -2.26. The van der Waals surface area contributed by atoms with E-state index >= 15 is 0 Å². The first kappa shape index (κ1) is 18.3. The van der Waals surface area contributed by atoms with Crippen LogP contribution in [0.3, 0.4) is 0 Å². The number of halogens is 1. The summed E-state index contributed by atoms with van der Waals surface area (Å²) < 4.78 is 5.80. The van der Waals surface area contributed by atoms with E-state index in [0.29, 0.717) is 16.7 Å². The number of anilines is 2. The molecular weight excluding hydrogens is 382 g/mol. The van der Waals surface area contributed by atoms with Crippen molar-refractivity contribution >= 4 is 47.1 Å². The Bertz CT molecular complexity index is 975. The number of hydrogen-bond acceptors (Lipinski definition) is 5. The van der Waals surface area contributed by atoms with Crippen LogP contribution < -0.4 is 15.1 Å². The number of nitrogens with zero attached hydrogens (tertiary/aromatic N) is 2. The molecule has 0 radical (unpaired) electrons. The molecule has 144 valence electrons. The standard InChI is InChI=1S/C20H18ClN3O4/c21-13-5-4-6-14(11-13)24-19(26)16(18(25)22-20(24)27)12-15-7-8-17(28-15)23-9-2-1-3-10-23/h4-8,11-12H,1-3,9-10H2,(H,22,25,27)/b16-12+. The monoisotopic (exact) mass is 399 g/mol. The highest BCUT2D eigenvalue weighted by Gasteiger charge is 2.37. The summed E-state index contributed by atoms with van der Waals surface area (Å²) in [4.78, 5) is 40.3. The first-order chi connectivity index (χ1) is 13.5. The second-order valence-corrected chi connectivity index (χ2v) is 7.10. The molecule has 0 atom stereocenters. The number of furan rings is 1. The Morgan fingerprint density at radius 2 is 1.82 bits per heavy atom. The number of imide groups is 2. The van der Waals surface area contributed by atoms with E-state index < -0.39 is 17.8 Å². The minimum Gasteiger partial charge on any atom is -0.441 e. The highest BCUT2D eigenvalue weighted by atomic mass is 35.5. The van der Waals surface area contributed by atoms with Gasteiger partial charge in [0.15, 0.2) is 5.88 Å². The highest BCUT2D eigenvalue weighted by Crippen LogP contribution is 2.27. The number of piperidine rings is 1. The highest BCUT2D eigenvalue weighted by molar-refractivity contribution is 6.39. The van der Waals surface area contributed by atoms with Gasteiger partial charge in [0.25, 0.3) is 11.8 Å². The molecule has 0 spiro atoms. The van der Waals surface area contributed by atoms with Gasteiger partial charge in [-0.2, -0.15) is 0 Å². The van der Waals surface area contributed by atoms with Crippen LogP contribution in [-0.2, 0) is 9.59 Å². The van der Waals surface area contributed by atoms with Gasteiger partial charge in [-0.15, -0.1) is 0 Å². The Labute approximate surface area is 166 Å². The Kier molecular flexibility index (Phi) is 4.92. The zero-order valence-electron chi connectivity index (χ0n) is 15.0. The molecule has 28 heavy (non-hydrogen) atoms. The number of barbiturate groups is 1. The zero-order valence-corrected chi connectivity index (χ0v) is 15.7. The van der Waals surface area contributed by atoms with E-state index in [0.717, 1.165) is 30.8 Å². The van der Waals surface area contributed by atoms with Gasteiger partial charge in [-0.3, -0.25) is 14.9 Å². The predicted octanol–water partition coefficient (Wildman–Crippen LogP) is 3.59. The molecule has 3 heterocycles. The minimum atomic E-state index is -0.817. The van der Waals surface area contributed by atoms with Crippen molar-refractivity contribution in [1.82, 2.24) is 5.32 Å². The quantitative estimate of drug-likeness (QED) is 0.630. The molecule has 4 rings (SSSR count). The fourth-order valence-electron chi connectivity index (χ4n) is 3.35. The van der Waals surface area contributed by atoms with Gasteiger partial charge in [0.1, 0.15) is 11.3 Å². The van der Waals surface area contributed by atoms with E-state index in [1.54, 1.807) is 24.3 Å². The maximum absolute atomic E-state index is 12.9. The van der Waals surface area contributed by atoms with Crippen molar-refractivity contribution in [2.45, 2.75) is 19.3 Å². The third-order valence-corrected chi connectivity index (χ3v) is 4.97. The van der Waals surface area contributed by atoms with Gasteiger partial charge in [-0.05, 0) is 49.6 Å². The molecule has 2 aliphatic rings. The number of rotatable bonds is 3. The van der Waals surface area contributed by atoms with Crippen molar-refractivity contribution in [2.75, 3.05) is 22.9 Å². The molecule has 2 aromatic rings. The van der Waals surface area contributed by atoms with Crippen LogP contribution in [-0.4, -0.2) is 30.9 Å². The minimum absolute atomic E-state index is 0.181. The topological polar surface area (TPSA) is 82.9 Å². The molecule has 0 saturated carbocycles. The average Bonchev–Trinajstić information content (AvgIpc) is 3.14. The van der Waals surface area contributed by atoms with Crippen LogP contribution in [0.5, 0.6) is 0 Å². The first-order valence-corrected chi connectivity index (χ1v) is 9.42. The van der Waals surface area contributed by atoms with Gasteiger partial charge >= 0.3 is 6.03 Å². The van der Waals surface area contributed by atoms with E-state index in [1.807, 2.05) is 6.07 Å². The Hall–Kier alpha value is -3.06. The van der Waals surface area contributed by atoms with E-state index in [-0.39, 0.29) is 11.3 Å².